The van der Waals surface area contributed by atoms with Crippen molar-refractivity contribution in [2.45, 2.75) is 44.8 Å². The molecule has 4 nitrogen and oxygen atoms in total. The molecule has 2 rings (SSSR count). The van der Waals surface area contributed by atoms with Crippen molar-refractivity contribution in [3.63, 3.8) is 0 Å². The van der Waals surface area contributed by atoms with Crippen molar-refractivity contribution in [2.24, 2.45) is 5.73 Å². The molecule has 1 aromatic rings. The minimum atomic E-state index is -0.0883. The fourth-order valence-corrected chi connectivity index (χ4v) is 2.38. The van der Waals surface area contributed by atoms with E-state index in [9.17, 15) is 4.79 Å². The smallest absolute Gasteiger partial charge is 0.224 e. The molecule has 0 saturated carbocycles. The van der Waals surface area contributed by atoms with Crippen LogP contribution in [0.1, 0.15) is 44.2 Å². The van der Waals surface area contributed by atoms with Gasteiger partial charge in [0, 0.05) is 24.8 Å². The number of nitrogens with two attached hydrogens (primary N) is 1. The van der Waals surface area contributed by atoms with E-state index in [0.717, 1.165) is 37.1 Å². The van der Waals surface area contributed by atoms with E-state index in [-0.39, 0.29) is 18.1 Å². The average molecular weight is 262 g/mol. The molecule has 0 bridgehead atoms. The van der Waals surface area contributed by atoms with Gasteiger partial charge < -0.3 is 15.8 Å². The highest BCUT2D eigenvalue weighted by atomic mass is 16.5. The lowest BCUT2D eigenvalue weighted by Crippen LogP contribution is -2.17. The number of hydrogen-bond acceptors (Lipinski definition) is 3. The van der Waals surface area contributed by atoms with Gasteiger partial charge in [-0.25, -0.2) is 0 Å². The van der Waals surface area contributed by atoms with Gasteiger partial charge in [-0.1, -0.05) is 18.2 Å². The zero-order valence-corrected chi connectivity index (χ0v) is 11.4. The lowest BCUT2D eigenvalue weighted by atomic mass is 10.1. The molecular weight excluding hydrogens is 240 g/mol. The second kappa shape index (κ2) is 6.68. The summed E-state index contributed by atoms with van der Waals surface area (Å²) in [5, 5.41) is 2.94. The van der Waals surface area contributed by atoms with Crippen molar-refractivity contribution < 1.29 is 9.53 Å². The predicted molar refractivity (Wildman–Crippen MR) is 75.9 cm³/mol. The van der Waals surface area contributed by atoms with Crippen LogP contribution in [0.3, 0.4) is 0 Å². The summed E-state index contributed by atoms with van der Waals surface area (Å²) in [5.41, 5.74) is 7.67. The largest absolute Gasteiger partial charge is 0.378 e. The maximum absolute atomic E-state index is 11.9. The van der Waals surface area contributed by atoms with Crippen LogP contribution in [0.4, 0.5) is 5.69 Å². The number of hydrogen-bond donors (Lipinski definition) is 2. The van der Waals surface area contributed by atoms with Crippen molar-refractivity contribution in [1.82, 2.24) is 0 Å². The minimum absolute atomic E-state index is 0.0311. The Labute approximate surface area is 114 Å². The van der Waals surface area contributed by atoms with E-state index in [1.165, 1.54) is 0 Å². The van der Waals surface area contributed by atoms with Crippen LogP contribution in [0.5, 0.6) is 0 Å². The molecular formula is C15H22N2O2. The molecule has 19 heavy (non-hydrogen) atoms. The van der Waals surface area contributed by atoms with Gasteiger partial charge >= 0.3 is 0 Å². The molecule has 3 N–H and O–H groups in total. The van der Waals surface area contributed by atoms with Gasteiger partial charge in [-0.2, -0.15) is 0 Å². The third-order valence-corrected chi connectivity index (χ3v) is 3.44. The van der Waals surface area contributed by atoms with Crippen molar-refractivity contribution in [1.29, 1.82) is 0 Å². The van der Waals surface area contributed by atoms with Crippen LogP contribution in [0, 0.1) is 0 Å². The molecule has 1 amide bonds. The van der Waals surface area contributed by atoms with Gasteiger partial charge in [0.25, 0.3) is 0 Å². The van der Waals surface area contributed by atoms with Crippen LogP contribution >= 0.6 is 0 Å². The monoisotopic (exact) mass is 262 g/mol. The van der Waals surface area contributed by atoms with E-state index < -0.39 is 0 Å². The first-order chi connectivity index (χ1) is 9.16. The molecule has 1 heterocycles. The number of benzene rings is 1. The molecule has 0 aromatic heterocycles. The number of nitrogens with one attached hydrogen (secondary N) is 1. The minimum Gasteiger partial charge on any atom is -0.378 e. The zero-order chi connectivity index (χ0) is 13.7. The summed E-state index contributed by atoms with van der Waals surface area (Å²) in [6.07, 6.45) is 3.74. The van der Waals surface area contributed by atoms with Gasteiger partial charge in [-0.3, -0.25) is 4.79 Å². The Kier molecular flexibility index (Phi) is 4.93. The Morgan fingerprint density at radius 1 is 1.53 bits per heavy atom. The van der Waals surface area contributed by atoms with Gasteiger partial charge in [0.15, 0.2) is 0 Å². The van der Waals surface area contributed by atoms with Crippen molar-refractivity contribution >= 4 is 11.6 Å². The Morgan fingerprint density at radius 2 is 2.32 bits per heavy atom. The van der Waals surface area contributed by atoms with Crippen molar-refractivity contribution in [3.05, 3.63) is 29.8 Å². The van der Waals surface area contributed by atoms with E-state index in [1.54, 1.807) is 0 Å². The van der Waals surface area contributed by atoms with Gasteiger partial charge in [-0.15, -0.1) is 0 Å². The Bertz CT molecular complexity index is 426. The highest BCUT2D eigenvalue weighted by molar-refractivity contribution is 5.91. The van der Waals surface area contributed by atoms with Gasteiger partial charge in [-0.05, 0) is 37.8 Å². The summed E-state index contributed by atoms with van der Waals surface area (Å²) in [4.78, 5) is 11.9. The molecule has 0 aliphatic carbocycles. The maximum Gasteiger partial charge on any atom is 0.224 e. The second-order valence-electron chi connectivity index (χ2n) is 5.10. The highest BCUT2D eigenvalue weighted by Gasteiger charge is 2.17. The Balaban J connectivity index is 1.87. The Hall–Kier alpha value is -1.39. The van der Waals surface area contributed by atoms with Gasteiger partial charge in [0.1, 0.15) is 0 Å². The highest BCUT2D eigenvalue weighted by Crippen LogP contribution is 2.22. The van der Waals surface area contributed by atoms with Crippen molar-refractivity contribution in [3.8, 4) is 0 Å². The first-order valence-electron chi connectivity index (χ1n) is 6.93. The van der Waals surface area contributed by atoms with E-state index in [4.69, 9.17) is 10.5 Å². The molecule has 4 heteroatoms. The number of para-hydroxylation sites is 1. The molecule has 1 aromatic carbocycles. The molecule has 104 valence electrons. The van der Waals surface area contributed by atoms with E-state index in [2.05, 4.69) is 5.32 Å². The fraction of sp³-hybridized carbons (Fsp3) is 0.533. The fourth-order valence-electron chi connectivity index (χ4n) is 2.38. The first-order valence-corrected chi connectivity index (χ1v) is 6.93. The zero-order valence-electron chi connectivity index (χ0n) is 11.4. The van der Waals surface area contributed by atoms with Crippen LogP contribution in [-0.4, -0.2) is 18.6 Å². The van der Waals surface area contributed by atoms with Crippen LogP contribution in [0.25, 0.3) is 0 Å². The third kappa shape index (κ3) is 4.04. The lowest BCUT2D eigenvalue weighted by molar-refractivity contribution is -0.116. The first kappa shape index (κ1) is 14.0. The number of rotatable bonds is 5. The van der Waals surface area contributed by atoms with Gasteiger partial charge in [0.2, 0.25) is 5.91 Å². The summed E-state index contributed by atoms with van der Waals surface area (Å²) in [6, 6.07) is 7.58. The predicted octanol–water partition coefficient (Wildman–Crippen LogP) is 2.60. The van der Waals surface area contributed by atoms with Crippen LogP contribution in [0.2, 0.25) is 0 Å². The summed E-state index contributed by atoms with van der Waals surface area (Å²) in [5.74, 6) is 0.0311. The standard InChI is InChI=1S/C15H22N2O2/c1-11(16)13-6-2-3-7-14(13)17-15(18)9-8-12-5-4-10-19-12/h2-3,6-7,11-12H,4-5,8-10,16H2,1H3,(H,17,18). The molecule has 0 radical (unpaired) electrons. The van der Waals surface area contributed by atoms with Crippen molar-refractivity contribution in [2.75, 3.05) is 11.9 Å². The molecule has 2 unspecified atom stereocenters. The van der Waals surface area contributed by atoms with Crippen LogP contribution in [-0.2, 0) is 9.53 Å². The van der Waals surface area contributed by atoms with Crippen LogP contribution in [0.15, 0.2) is 24.3 Å². The third-order valence-electron chi connectivity index (χ3n) is 3.44. The van der Waals surface area contributed by atoms with E-state index in [0.29, 0.717) is 6.42 Å². The van der Waals surface area contributed by atoms with Crippen LogP contribution < -0.4 is 11.1 Å². The molecule has 1 fully saturated rings. The summed E-state index contributed by atoms with van der Waals surface area (Å²) >= 11 is 0. The number of amides is 1. The molecule has 1 aliphatic heterocycles. The maximum atomic E-state index is 11.9. The summed E-state index contributed by atoms with van der Waals surface area (Å²) in [6.45, 7) is 2.75. The molecule has 1 saturated heterocycles. The van der Waals surface area contributed by atoms with E-state index in [1.807, 2.05) is 31.2 Å². The van der Waals surface area contributed by atoms with Gasteiger partial charge in [0.05, 0.1) is 6.10 Å². The summed E-state index contributed by atoms with van der Waals surface area (Å²) < 4.78 is 5.52. The number of carbonyl (C=O) groups is 1. The molecule has 1 aliphatic rings. The quantitative estimate of drug-likeness (QED) is 0.857. The Morgan fingerprint density at radius 3 is 3.00 bits per heavy atom. The average Bonchev–Trinajstić information content (AvgIpc) is 2.90. The molecule has 0 spiro atoms. The SMILES string of the molecule is CC(N)c1ccccc1NC(=O)CCC1CCCO1. The van der Waals surface area contributed by atoms with E-state index >= 15 is 0 Å². The normalized spacial score (nSPS) is 20.2. The number of anilines is 1. The topological polar surface area (TPSA) is 64.3 Å². The lowest BCUT2D eigenvalue weighted by Gasteiger charge is -2.14. The second-order valence-corrected chi connectivity index (χ2v) is 5.10. The number of carbonyl (C=O) groups excluding carboxylic acids is 1. The summed E-state index contributed by atoms with van der Waals surface area (Å²) in [7, 11) is 0. The number of ether oxygens (including phenoxy) is 1. The molecule has 2 atom stereocenters.